The highest BCUT2D eigenvalue weighted by molar-refractivity contribution is 6.80. The summed E-state index contributed by atoms with van der Waals surface area (Å²) in [7, 11) is -0.493. The van der Waals surface area contributed by atoms with Crippen LogP contribution in [0.15, 0.2) is 35.9 Å². The van der Waals surface area contributed by atoms with Gasteiger partial charge in [-0.3, -0.25) is 4.79 Å². The van der Waals surface area contributed by atoms with E-state index in [0.29, 0.717) is 18.6 Å². The monoisotopic (exact) mass is 334 g/mol. The molecule has 0 radical (unpaired) electrons. The predicted octanol–water partition coefficient (Wildman–Crippen LogP) is 3.90. The Hall–Kier alpha value is -1.88. The molecule has 1 atom stereocenters. The quantitative estimate of drug-likeness (QED) is 0.431. The number of hydrogen-bond donors (Lipinski definition) is 0. The average Bonchev–Trinajstić information content (AvgIpc) is 2.50. The summed E-state index contributed by atoms with van der Waals surface area (Å²) in [5, 5.41) is 0. The van der Waals surface area contributed by atoms with Crippen LogP contribution in [-0.2, 0) is 19.1 Å². The molecule has 0 N–H and O–H groups in total. The maximum Gasteiger partial charge on any atom is 0.333 e. The lowest BCUT2D eigenvalue weighted by Gasteiger charge is -2.27. The van der Waals surface area contributed by atoms with Gasteiger partial charge in [0.1, 0.15) is 0 Å². The molecule has 0 fully saturated rings. The van der Waals surface area contributed by atoms with Crippen LogP contribution in [0.25, 0.3) is 6.08 Å². The van der Waals surface area contributed by atoms with Crippen LogP contribution in [0.3, 0.4) is 0 Å². The Labute approximate surface area is 139 Å². The molecule has 0 aliphatic carbocycles. The Morgan fingerprint density at radius 3 is 2.26 bits per heavy atom. The Kier molecular flexibility index (Phi) is 7.23. The van der Waals surface area contributed by atoms with E-state index in [1.54, 1.807) is 13.0 Å². The van der Waals surface area contributed by atoms with Crippen molar-refractivity contribution in [2.75, 3.05) is 13.7 Å². The molecule has 0 saturated carbocycles. The second kappa shape index (κ2) is 8.67. The minimum absolute atomic E-state index is 0.227. The molecule has 0 bridgehead atoms. The van der Waals surface area contributed by atoms with Crippen molar-refractivity contribution in [2.45, 2.75) is 38.5 Å². The fourth-order valence-electron chi connectivity index (χ4n) is 2.29. The Bertz CT molecular complexity index is 558. The first kappa shape index (κ1) is 19.2. The van der Waals surface area contributed by atoms with E-state index in [0.717, 1.165) is 5.56 Å². The van der Waals surface area contributed by atoms with E-state index in [9.17, 15) is 9.59 Å². The maximum atomic E-state index is 12.3. The number of rotatable bonds is 7. The molecule has 1 aromatic carbocycles. The first-order chi connectivity index (χ1) is 10.8. The smallest absolute Gasteiger partial charge is 0.333 e. The maximum absolute atomic E-state index is 12.3. The zero-order valence-electron chi connectivity index (χ0n) is 14.6. The lowest BCUT2D eigenvalue weighted by Crippen LogP contribution is -2.35. The third-order valence-corrected chi connectivity index (χ3v) is 6.16. The minimum atomic E-state index is -1.85. The highest BCUT2D eigenvalue weighted by Crippen LogP contribution is 2.31. The van der Waals surface area contributed by atoms with Crippen LogP contribution in [0.1, 0.15) is 18.9 Å². The van der Waals surface area contributed by atoms with Gasteiger partial charge < -0.3 is 9.47 Å². The number of esters is 2. The number of carbonyl (C=O) groups excluding carboxylic acids is 2. The van der Waals surface area contributed by atoms with Crippen molar-refractivity contribution in [1.29, 1.82) is 0 Å². The molecular weight excluding hydrogens is 308 g/mol. The lowest BCUT2D eigenvalue weighted by atomic mass is 10.1. The van der Waals surface area contributed by atoms with Gasteiger partial charge in [-0.15, -0.1) is 0 Å². The molecular formula is C18H26O4Si. The van der Waals surface area contributed by atoms with Crippen LogP contribution in [0.5, 0.6) is 0 Å². The second-order valence-corrected chi connectivity index (χ2v) is 11.9. The average molecular weight is 334 g/mol. The first-order valence-corrected chi connectivity index (χ1v) is 11.4. The highest BCUT2D eigenvalue weighted by atomic mass is 28.3. The van der Waals surface area contributed by atoms with E-state index >= 15 is 0 Å². The molecule has 126 valence electrons. The summed E-state index contributed by atoms with van der Waals surface area (Å²) in [6, 6.07) is 9.55. The van der Waals surface area contributed by atoms with E-state index in [4.69, 9.17) is 9.47 Å². The van der Waals surface area contributed by atoms with Crippen LogP contribution in [0.4, 0.5) is 0 Å². The van der Waals surface area contributed by atoms with Gasteiger partial charge in [-0.25, -0.2) is 4.79 Å². The van der Waals surface area contributed by atoms with Crippen molar-refractivity contribution in [3.63, 3.8) is 0 Å². The second-order valence-electron chi connectivity index (χ2n) is 6.45. The van der Waals surface area contributed by atoms with Crippen LogP contribution in [0, 0.1) is 0 Å². The van der Waals surface area contributed by atoms with Gasteiger partial charge in [-0.05, 0) is 25.0 Å². The summed E-state index contributed by atoms with van der Waals surface area (Å²) in [4.78, 5) is 24.5. The summed E-state index contributed by atoms with van der Waals surface area (Å²) >= 11 is 0. The molecule has 0 saturated heterocycles. The molecule has 0 spiro atoms. The topological polar surface area (TPSA) is 52.6 Å². The third kappa shape index (κ3) is 6.02. The van der Waals surface area contributed by atoms with Crippen molar-refractivity contribution in [3.8, 4) is 0 Å². The molecule has 0 heterocycles. The first-order valence-electron chi connectivity index (χ1n) is 7.80. The van der Waals surface area contributed by atoms with Gasteiger partial charge in [-0.2, -0.15) is 0 Å². The molecule has 0 aliphatic rings. The molecule has 1 rings (SSSR count). The molecule has 1 aromatic rings. The Balaban J connectivity index is 3.14. The fraction of sp³-hybridized carbons (Fsp3) is 0.444. The molecule has 23 heavy (non-hydrogen) atoms. The van der Waals surface area contributed by atoms with Crippen LogP contribution >= 0.6 is 0 Å². The molecule has 0 amide bonds. The van der Waals surface area contributed by atoms with Gasteiger partial charge in [0.2, 0.25) is 0 Å². The summed E-state index contributed by atoms with van der Waals surface area (Å²) < 4.78 is 10.1. The van der Waals surface area contributed by atoms with Crippen molar-refractivity contribution >= 4 is 26.1 Å². The molecule has 5 heteroatoms. The third-order valence-electron chi connectivity index (χ3n) is 3.63. The van der Waals surface area contributed by atoms with Crippen LogP contribution in [0.2, 0.25) is 25.2 Å². The number of benzene rings is 1. The van der Waals surface area contributed by atoms with E-state index in [-0.39, 0.29) is 11.5 Å². The Morgan fingerprint density at radius 2 is 1.78 bits per heavy atom. The molecule has 0 aliphatic heterocycles. The van der Waals surface area contributed by atoms with E-state index in [1.807, 2.05) is 30.3 Å². The van der Waals surface area contributed by atoms with Gasteiger partial charge >= 0.3 is 11.9 Å². The molecule has 1 unspecified atom stereocenters. The normalized spacial score (nSPS) is 13.3. The number of methoxy groups -OCH3 is 1. The zero-order chi connectivity index (χ0) is 17.5. The van der Waals surface area contributed by atoms with Crippen molar-refractivity contribution in [2.24, 2.45) is 0 Å². The highest BCUT2D eigenvalue weighted by Gasteiger charge is 2.36. The van der Waals surface area contributed by atoms with Crippen molar-refractivity contribution in [1.82, 2.24) is 0 Å². The number of carbonyl (C=O) groups is 2. The van der Waals surface area contributed by atoms with Gasteiger partial charge in [0, 0.05) is 5.57 Å². The summed E-state index contributed by atoms with van der Waals surface area (Å²) in [6.07, 6.45) is 2.13. The fourth-order valence-corrected chi connectivity index (χ4v) is 3.91. The van der Waals surface area contributed by atoms with Crippen LogP contribution in [-0.4, -0.2) is 33.7 Å². The Morgan fingerprint density at radius 1 is 1.17 bits per heavy atom. The zero-order valence-corrected chi connectivity index (χ0v) is 15.6. The summed E-state index contributed by atoms with van der Waals surface area (Å²) in [5.41, 5.74) is 1.13. The largest absolute Gasteiger partial charge is 0.466 e. The number of hydrogen-bond acceptors (Lipinski definition) is 4. The summed E-state index contributed by atoms with van der Waals surface area (Å²) in [5.74, 6) is -0.629. The lowest BCUT2D eigenvalue weighted by molar-refractivity contribution is -0.143. The van der Waals surface area contributed by atoms with Crippen molar-refractivity contribution in [3.05, 3.63) is 41.5 Å². The van der Waals surface area contributed by atoms with Crippen molar-refractivity contribution < 1.29 is 19.1 Å². The SMILES string of the molecule is CCOC(=O)C(C/C(=C/c1ccccc1)C(=O)OC)[Si](C)(C)C. The summed E-state index contributed by atoms with van der Waals surface area (Å²) in [6.45, 7) is 8.44. The van der Waals surface area contributed by atoms with Gasteiger partial charge in [0.05, 0.1) is 27.3 Å². The predicted molar refractivity (Wildman–Crippen MR) is 94.8 cm³/mol. The van der Waals surface area contributed by atoms with Gasteiger partial charge in [0.25, 0.3) is 0 Å². The minimum Gasteiger partial charge on any atom is -0.466 e. The van der Waals surface area contributed by atoms with E-state index in [1.165, 1.54) is 7.11 Å². The van der Waals surface area contributed by atoms with E-state index in [2.05, 4.69) is 19.6 Å². The van der Waals surface area contributed by atoms with Gasteiger partial charge in [-0.1, -0.05) is 50.0 Å². The molecule has 0 aromatic heterocycles. The number of ether oxygens (including phenoxy) is 2. The van der Waals surface area contributed by atoms with Crippen LogP contribution < -0.4 is 0 Å². The standard InChI is InChI=1S/C18H26O4Si/c1-6-22-18(20)16(23(3,4)5)13-15(17(19)21-2)12-14-10-8-7-9-11-14/h7-12,16H,6,13H2,1-5H3/b15-12-. The van der Waals surface area contributed by atoms with Gasteiger partial charge in [0.15, 0.2) is 0 Å². The van der Waals surface area contributed by atoms with E-state index < -0.39 is 14.0 Å². The molecule has 4 nitrogen and oxygen atoms in total.